The fourth-order valence-corrected chi connectivity index (χ4v) is 2.00. The minimum absolute atomic E-state index is 0.286. The van der Waals surface area contributed by atoms with Crippen LogP contribution >= 0.6 is 0 Å². The lowest BCUT2D eigenvalue weighted by atomic mass is 10.3. The van der Waals surface area contributed by atoms with Crippen LogP contribution in [0.25, 0.3) is 5.69 Å². The highest BCUT2D eigenvalue weighted by molar-refractivity contribution is 5.89. The Morgan fingerprint density at radius 2 is 1.83 bits per heavy atom. The van der Waals surface area contributed by atoms with Crippen molar-refractivity contribution < 1.29 is 4.79 Å². The maximum Gasteiger partial charge on any atom is 0.319 e. The normalized spacial score (nSPS) is 10.2. The van der Waals surface area contributed by atoms with Crippen LogP contribution in [0.2, 0.25) is 0 Å². The average molecular weight is 324 g/mol. The molecule has 9 heteroatoms. The molecule has 2 aromatic heterocycles. The molecule has 0 fully saturated rings. The number of nitrogens with zero attached hydrogens (tertiary/aromatic N) is 5. The predicted octanol–water partition coefficient (Wildman–Crippen LogP) is 1.29. The summed E-state index contributed by atoms with van der Waals surface area (Å²) >= 11 is 0. The Balaban J connectivity index is 1.46. The Bertz CT molecular complexity index is 774. The number of anilines is 2. The van der Waals surface area contributed by atoms with Gasteiger partial charge in [0, 0.05) is 31.2 Å². The quantitative estimate of drug-likeness (QED) is 0.589. The van der Waals surface area contributed by atoms with Gasteiger partial charge in [-0.05, 0) is 34.7 Å². The average Bonchev–Trinajstić information content (AvgIpc) is 3.09. The summed E-state index contributed by atoms with van der Waals surface area (Å²) < 4.78 is 1.59. The van der Waals surface area contributed by atoms with E-state index in [-0.39, 0.29) is 6.03 Å². The smallest absolute Gasteiger partial charge is 0.319 e. The van der Waals surface area contributed by atoms with Gasteiger partial charge in [-0.15, -0.1) is 0 Å². The van der Waals surface area contributed by atoms with Gasteiger partial charge in [-0.3, -0.25) is 4.98 Å². The number of pyridine rings is 1. The lowest BCUT2D eigenvalue weighted by molar-refractivity contribution is 0.252. The molecule has 9 nitrogen and oxygen atoms in total. The van der Waals surface area contributed by atoms with Crippen LogP contribution in [-0.4, -0.2) is 44.3 Å². The molecule has 0 aliphatic rings. The van der Waals surface area contributed by atoms with E-state index >= 15 is 0 Å². The van der Waals surface area contributed by atoms with Gasteiger partial charge < -0.3 is 16.0 Å². The second-order valence-electron chi connectivity index (χ2n) is 4.79. The van der Waals surface area contributed by atoms with Gasteiger partial charge in [0.25, 0.3) is 0 Å². The van der Waals surface area contributed by atoms with Crippen LogP contribution in [0.4, 0.5) is 16.4 Å². The molecule has 122 valence electrons. The number of aromatic nitrogens is 5. The number of rotatable bonds is 6. The summed E-state index contributed by atoms with van der Waals surface area (Å²) in [5.74, 6) is 0.512. The summed E-state index contributed by atoms with van der Waals surface area (Å²) in [5, 5.41) is 20.1. The summed E-state index contributed by atoms with van der Waals surface area (Å²) in [6, 6.07) is 12.7. The van der Waals surface area contributed by atoms with Crippen molar-refractivity contribution in [2.24, 2.45) is 0 Å². The molecule has 0 radical (unpaired) electrons. The van der Waals surface area contributed by atoms with Crippen LogP contribution in [0.3, 0.4) is 0 Å². The van der Waals surface area contributed by atoms with Crippen molar-refractivity contribution in [2.45, 2.75) is 0 Å². The third-order valence-electron chi connectivity index (χ3n) is 3.10. The van der Waals surface area contributed by atoms with E-state index in [0.717, 1.165) is 5.69 Å². The second-order valence-corrected chi connectivity index (χ2v) is 4.79. The Morgan fingerprint density at radius 3 is 2.62 bits per heavy atom. The van der Waals surface area contributed by atoms with Gasteiger partial charge >= 0.3 is 6.03 Å². The third-order valence-corrected chi connectivity index (χ3v) is 3.10. The molecule has 24 heavy (non-hydrogen) atoms. The molecule has 0 aliphatic carbocycles. The molecule has 3 N–H and O–H groups in total. The van der Waals surface area contributed by atoms with Crippen molar-refractivity contribution in [3.8, 4) is 5.69 Å². The number of benzene rings is 1. The highest BCUT2D eigenvalue weighted by Crippen LogP contribution is 2.09. The minimum Gasteiger partial charge on any atom is -0.351 e. The number of hydrogen-bond acceptors (Lipinski definition) is 6. The summed E-state index contributed by atoms with van der Waals surface area (Å²) in [4.78, 5) is 15.6. The van der Waals surface area contributed by atoms with Crippen LogP contribution in [-0.2, 0) is 0 Å². The molecule has 0 spiro atoms. The largest absolute Gasteiger partial charge is 0.351 e. The zero-order valence-electron chi connectivity index (χ0n) is 12.8. The molecule has 0 aliphatic heterocycles. The summed E-state index contributed by atoms with van der Waals surface area (Å²) in [5.41, 5.74) is 1.54. The summed E-state index contributed by atoms with van der Waals surface area (Å²) in [7, 11) is 0. The van der Waals surface area contributed by atoms with Crippen molar-refractivity contribution in [1.82, 2.24) is 30.5 Å². The number of urea groups is 1. The maximum absolute atomic E-state index is 11.7. The Morgan fingerprint density at radius 1 is 1.04 bits per heavy atom. The molecule has 2 heterocycles. The molecule has 3 aromatic rings. The topological polar surface area (TPSA) is 110 Å². The Labute approximate surface area is 138 Å². The van der Waals surface area contributed by atoms with Gasteiger partial charge in [0.2, 0.25) is 5.95 Å². The third kappa shape index (κ3) is 4.03. The van der Waals surface area contributed by atoms with Crippen molar-refractivity contribution >= 4 is 17.7 Å². The van der Waals surface area contributed by atoms with Crippen LogP contribution < -0.4 is 16.0 Å². The Hall–Kier alpha value is -3.49. The van der Waals surface area contributed by atoms with Gasteiger partial charge in [-0.1, -0.05) is 23.3 Å². The van der Waals surface area contributed by atoms with Crippen LogP contribution in [0.15, 0.2) is 54.9 Å². The number of tetrazole rings is 1. The van der Waals surface area contributed by atoms with Crippen LogP contribution in [0.1, 0.15) is 0 Å². The summed E-state index contributed by atoms with van der Waals surface area (Å²) in [6.07, 6.45) is 3.22. The molecule has 3 rings (SSSR count). The second kappa shape index (κ2) is 7.68. The van der Waals surface area contributed by atoms with Crippen molar-refractivity contribution in [1.29, 1.82) is 0 Å². The summed E-state index contributed by atoms with van der Waals surface area (Å²) in [6.45, 7) is 0.898. The van der Waals surface area contributed by atoms with Crippen molar-refractivity contribution in [3.05, 3.63) is 54.9 Å². The van der Waals surface area contributed by atoms with Crippen LogP contribution in [0, 0.1) is 0 Å². The van der Waals surface area contributed by atoms with Gasteiger partial charge in [-0.25, -0.2) is 4.79 Å². The first-order valence-corrected chi connectivity index (χ1v) is 7.35. The van der Waals surface area contributed by atoms with E-state index < -0.39 is 0 Å². The van der Waals surface area contributed by atoms with Crippen molar-refractivity contribution in [2.75, 3.05) is 23.7 Å². The van der Waals surface area contributed by atoms with E-state index in [1.807, 2.05) is 30.3 Å². The fraction of sp³-hybridized carbons (Fsp3) is 0.133. The first-order chi connectivity index (χ1) is 11.8. The molecule has 0 unspecified atom stereocenters. The van der Waals surface area contributed by atoms with E-state index in [0.29, 0.717) is 24.7 Å². The molecule has 0 bridgehead atoms. The van der Waals surface area contributed by atoms with E-state index in [1.54, 1.807) is 29.2 Å². The lowest BCUT2D eigenvalue weighted by Gasteiger charge is -2.09. The van der Waals surface area contributed by atoms with Gasteiger partial charge in [0.05, 0.1) is 5.69 Å². The highest BCUT2D eigenvalue weighted by atomic mass is 16.2. The first kappa shape index (κ1) is 15.4. The van der Waals surface area contributed by atoms with Gasteiger partial charge in [0.15, 0.2) is 0 Å². The zero-order chi connectivity index (χ0) is 16.6. The van der Waals surface area contributed by atoms with Gasteiger partial charge in [0.1, 0.15) is 0 Å². The molecular formula is C15H16N8O. The molecular weight excluding hydrogens is 308 g/mol. The predicted molar refractivity (Wildman–Crippen MR) is 88.9 cm³/mol. The van der Waals surface area contributed by atoms with Crippen LogP contribution in [0.5, 0.6) is 0 Å². The minimum atomic E-state index is -0.286. The molecule has 2 amide bonds. The molecule has 0 saturated carbocycles. The monoisotopic (exact) mass is 324 g/mol. The number of hydrogen-bond donors (Lipinski definition) is 3. The maximum atomic E-state index is 11.7. The Kier molecular flexibility index (Phi) is 4.93. The van der Waals surface area contributed by atoms with E-state index in [1.165, 1.54) is 0 Å². The first-order valence-electron chi connectivity index (χ1n) is 7.35. The number of nitrogens with one attached hydrogen (secondary N) is 3. The number of carbonyl (C=O) groups excluding carboxylic acids is 1. The lowest BCUT2D eigenvalue weighted by Crippen LogP contribution is -2.32. The number of carbonyl (C=O) groups is 1. The van der Waals surface area contributed by atoms with E-state index in [9.17, 15) is 4.79 Å². The van der Waals surface area contributed by atoms with E-state index in [4.69, 9.17) is 0 Å². The number of amides is 2. The standard InChI is InChI=1S/C15H16N8O/c24-15(19-12-6-8-16-9-7-12)18-11-10-17-14-20-21-22-23(14)13-4-2-1-3-5-13/h1-9H,10-11H2,(H,17,20,22)(H2,16,18,19,24). The molecule has 1 aromatic carbocycles. The zero-order valence-corrected chi connectivity index (χ0v) is 12.8. The fourth-order valence-electron chi connectivity index (χ4n) is 2.00. The SMILES string of the molecule is O=C(NCCNc1nnnn1-c1ccccc1)Nc1ccncc1. The number of para-hydroxylation sites is 1. The highest BCUT2D eigenvalue weighted by Gasteiger charge is 2.07. The van der Waals surface area contributed by atoms with Crippen molar-refractivity contribution in [3.63, 3.8) is 0 Å². The van der Waals surface area contributed by atoms with E-state index in [2.05, 4.69) is 36.5 Å². The molecule has 0 atom stereocenters. The molecule has 0 saturated heterocycles. The van der Waals surface area contributed by atoms with Gasteiger partial charge in [-0.2, -0.15) is 4.68 Å².